The lowest BCUT2D eigenvalue weighted by atomic mass is 9.85. The largest absolute Gasteiger partial charge is 0.376 e. The van der Waals surface area contributed by atoms with E-state index in [1.54, 1.807) is 24.3 Å². The topological polar surface area (TPSA) is 43.3 Å². The molecular formula is C18H14Cl2F2N2O2S. The molecule has 0 saturated carbocycles. The second kappa shape index (κ2) is 7.67. The van der Waals surface area contributed by atoms with Crippen LogP contribution in [0.3, 0.4) is 0 Å². The van der Waals surface area contributed by atoms with E-state index in [1.165, 1.54) is 6.20 Å². The van der Waals surface area contributed by atoms with E-state index in [1.807, 2.05) is 0 Å². The summed E-state index contributed by atoms with van der Waals surface area (Å²) >= 11 is 11.8. The molecule has 1 aromatic heterocycles. The van der Waals surface area contributed by atoms with Crippen LogP contribution < -0.4 is 10.9 Å². The van der Waals surface area contributed by atoms with Crippen LogP contribution in [0.15, 0.2) is 69.9 Å². The van der Waals surface area contributed by atoms with E-state index < -0.39 is 16.9 Å². The number of anilines is 1. The molecule has 4 nitrogen and oxygen atoms in total. The molecule has 1 aliphatic heterocycles. The summed E-state index contributed by atoms with van der Waals surface area (Å²) in [5.41, 5.74) is -0.967. The van der Waals surface area contributed by atoms with Crippen molar-refractivity contribution in [3.05, 3.63) is 75.4 Å². The van der Waals surface area contributed by atoms with Gasteiger partial charge < -0.3 is 10.1 Å². The van der Waals surface area contributed by atoms with Gasteiger partial charge in [0.25, 0.3) is 5.56 Å². The molecule has 1 saturated heterocycles. The average molecular weight is 431 g/mol. The standard InChI is InChI=1S/C18H14Cl2F2N2O2S/c1-10(19)16(20)15(11(2)21)18(8-26-9-18)23-13-4-3-12-5-6-24(27-22)17(25)14(12)7-13/h3-7,23H,1-2,8-9H2/b16-15-. The highest BCUT2D eigenvalue weighted by Crippen LogP contribution is 2.40. The van der Waals surface area contributed by atoms with Gasteiger partial charge in [0.2, 0.25) is 0 Å². The van der Waals surface area contributed by atoms with Gasteiger partial charge in [0, 0.05) is 17.5 Å². The van der Waals surface area contributed by atoms with Crippen molar-refractivity contribution >= 4 is 52.0 Å². The van der Waals surface area contributed by atoms with Gasteiger partial charge in [0.05, 0.1) is 28.7 Å². The molecule has 2 heterocycles. The summed E-state index contributed by atoms with van der Waals surface area (Å²) in [5, 5.41) is 4.02. The lowest BCUT2D eigenvalue weighted by Gasteiger charge is -2.44. The van der Waals surface area contributed by atoms with Gasteiger partial charge in [0.1, 0.15) is 11.4 Å². The second-order valence-electron chi connectivity index (χ2n) is 6.02. The van der Waals surface area contributed by atoms with E-state index in [-0.39, 0.29) is 41.2 Å². The number of hydrogen-bond acceptors (Lipinski definition) is 4. The molecule has 1 fully saturated rings. The number of aromatic nitrogens is 1. The van der Waals surface area contributed by atoms with E-state index in [4.69, 9.17) is 27.9 Å². The number of allylic oxidation sites excluding steroid dienone is 2. The third kappa shape index (κ3) is 3.65. The Morgan fingerprint density at radius 3 is 2.52 bits per heavy atom. The third-order valence-corrected chi connectivity index (χ3v) is 5.37. The minimum atomic E-state index is -1.02. The summed E-state index contributed by atoms with van der Waals surface area (Å²) in [5.74, 6) is -0.769. The molecule has 1 aromatic carbocycles. The smallest absolute Gasteiger partial charge is 0.270 e. The number of fused-ring (bicyclic) bond motifs is 1. The van der Waals surface area contributed by atoms with Crippen LogP contribution in [0.2, 0.25) is 0 Å². The highest BCUT2D eigenvalue weighted by Gasteiger charge is 2.45. The molecule has 9 heteroatoms. The number of hydrogen-bond donors (Lipinski definition) is 1. The van der Waals surface area contributed by atoms with Crippen LogP contribution in [-0.2, 0) is 4.74 Å². The Labute approximate surface area is 168 Å². The average Bonchev–Trinajstić information content (AvgIpc) is 2.60. The van der Waals surface area contributed by atoms with Gasteiger partial charge in [0.15, 0.2) is 12.3 Å². The van der Waals surface area contributed by atoms with E-state index in [2.05, 4.69) is 18.5 Å². The number of benzene rings is 1. The first kappa shape index (κ1) is 19.9. The monoisotopic (exact) mass is 430 g/mol. The van der Waals surface area contributed by atoms with E-state index >= 15 is 0 Å². The van der Waals surface area contributed by atoms with Gasteiger partial charge in [-0.3, -0.25) is 4.79 Å². The molecule has 3 rings (SSSR count). The lowest BCUT2D eigenvalue weighted by molar-refractivity contribution is -0.0229. The van der Waals surface area contributed by atoms with Crippen molar-refractivity contribution in [1.82, 2.24) is 3.97 Å². The van der Waals surface area contributed by atoms with Crippen LogP contribution in [0.25, 0.3) is 10.8 Å². The van der Waals surface area contributed by atoms with Gasteiger partial charge in [-0.25, -0.2) is 8.36 Å². The number of pyridine rings is 1. The van der Waals surface area contributed by atoms with Crippen molar-refractivity contribution in [2.45, 2.75) is 5.54 Å². The first-order valence-corrected chi connectivity index (χ1v) is 9.12. The van der Waals surface area contributed by atoms with Crippen LogP contribution in [0.4, 0.5) is 14.0 Å². The maximum absolute atomic E-state index is 14.2. The summed E-state index contributed by atoms with van der Waals surface area (Å²) in [6.45, 7) is 7.09. The quantitative estimate of drug-likeness (QED) is 0.632. The normalized spacial score (nSPS) is 16.4. The number of rotatable bonds is 6. The zero-order valence-corrected chi connectivity index (χ0v) is 16.2. The maximum atomic E-state index is 14.2. The Morgan fingerprint density at radius 2 is 2.00 bits per heavy atom. The minimum absolute atomic E-state index is 0.0279. The van der Waals surface area contributed by atoms with Crippen LogP contribution in [0.1, 0.15) is 0 Å². The number of nitrogens with one attached hydrogen (secondary N) is 1. The molecule has 0 radical (unpaired) electrons. The fourth-order valence-electron chi connectivity index (χ4n) is 2.94. The van der Waals surface area contributed by atoms with Crippen LogP contribution in [-0.4, -0.2) is 22.7 Å². The van der Waals surface area contributed by atoms with Crippen molar-refractivity contribution in [1.29, 1.82) is 0 Å². The van der Waals surface area contributed by atoms with Gasteiger partial charge in [-0.1, -0.05) is 42.4 Å². The predicted molar refractivity (Wildman–Crippen MR) is 108 cm³/mol. The summed E-state index contributed by atoms with van der Waals surface area (Å²) in [6, 6.07) is 6.61. The van der Waals surface area contributed by atoms with Crippen molar-refractivity contribution < 1.29 is 13.0 Å². The van der Waals surface area contributed by atoms with E-state index in [9.17, 15) is 13.1 Å². The Bertz CT molecular complexity index is 1030. The first-order valence-electron chi connectivity index (χ1n) is 7.69. The lowest BCUT2D eigenvalue weighted by Crippen LogP contribution is -2.57. The molecule has 0 amide bonds. The fraction of sp³-hybridized carbons (Fsp3) is 0.167. The fourth-order valence-corrected chi connectivity index (χ4v) is 3.59. The van der Waals surface area contributed by atoms with E-state index in [0.29, 0.717) is 16.5 Å². The first-order chi connectivity index (χ1) is 12.8. The van der Waals surface area contributed by atoms with Crippen molar-refractivity contribution in [2.75, 3.05) is 18.5 Å². The van der Waals surface area contributed by atoms with Gasteiger partial charge >= 0.3 is 0 Å². The Morgan fingerprint density at radius 1 is 1.30 bits per heavy atom. The molecule has 0 bridgehead atoms. The Balaban J connectivity index is 2.08. The highest BCUT2D eigenvalue weighted by molar-refractivity contribution is 7.92. The van der Waals surface area contributed by atoms with Crippen molar-refractivity contribution in [3.8, 4) is 0 Å². The van der Waals surface area contributed by atoms with Gasteiger partial charge in [-0.2, -0.15) is 0 Å². The number of nitrogens with zero attached hydrogens (tertiary/aromatic N) is 1. The highest BCUT2D eigenvalue weighted by atomic mass is 35.5. The number of halogens is 4. The maximum Gasteiger partial charge on any atom is 0.270 e. The van der Waals surface area contributed by atoms with Crippen molar-refractivity contribution in [2.24, 2.45) is 0 Å². The summed E-state index contributed by atoms with van der Waals surface area (Å²) in [6.07, 6.45) is 1.35. The van der Waals surface area contributed by atoms with Crippen LogP contribution in [0.5, 0.6) is 0 Å². The molecule has 1 N–H and O–H groups in total. The SMILES string of the molecule is C=C(Cl)/C(Cl)=C(\C(=C)F)C1(Nc2ccc3ccn(SF)c(=O)c3c2)COC1. The van der Waals surface area contributed by atoms with Crippen LogP contribution >= 0.6 is 35.5 Å². The zero-order valence-electron chi connectivity index (χ0n) is 13.9. The molecular weight excluding hydrogens is 417 g/mol. The number of ether oxygens (including phenoxy) is 1. The molecule has 0 aliphatic carbocycles. The molecule has 0 atom stereocenters. The van der Waals surface area contributed by atoms with Crippen molar-refractivity contribution in [3.63, 3.8) is 0 Å². The van der Waals surface area contributed by atoms with Gasteiger partial charge in [-0.15, -0.1) is 3.89 Å². The Hall–Kier alpha value is -1.80. The second-order valence-corrected chi connectivity index (χ2v) is 7.38. The summed E-state index contributed by atoms with van der Waals surface area (Å²) < 4.78 is 33.2. The molecule has 142 valence electrons. The zero-order chi connectivity index (χ0) is 19.8. The molecule has 27 heavy (non-hydrogen) atoms. The molecule has 1 aliphatic rings. The summed E-state index contributed by atoms with van der Waals surface area (Å²) in [7, 11) is 0. The van der Waals surface area contributed by atoms with Crippen LogP contribution in [0, 0.1) is 0 Å². The summed E-state index contributed by atoms with van der Waals surface area (Å²) in [4.78, 5) is 12.3. The Kier molecular flexibility index (Phi) is 5.67. The molecule has 0 spiro atoms. The van der Waals surface area contributed by atoms with Gasteiger partial charge in [-0.05, 0) is 23.6 Å². The predicted octanol–water partition coefficient (Wildman–Crippen LogP) is 5.29. The van der Waals surface area contributed by atoms with E-state index in [0.717, 1.165) is 3.97 Å². The third-order valence-electron chi connectivity index (χ3n) is 4.24. The molecule has 0 unspecified atom stereocenters. The molecule has 2 aromatic rings. The minimum Gasteiger partial charge on any atom is -0.376 e.